The number of nitrogens with one attached hydrogen (secondary N) is 2. The number of carbonyl (C=O) groups excluding carboxylic acids is 2. The van der Waals surface area contributed by atoms with Crippen LogP contribution in [0.25, 0.3) is 6.08 Å². The van der Waals surface area contributed by atoms with Crippen molar-refractivity contribution in [3.05, 3.63) is 52.7 Å². The van der Waals surface area contributed by atoms with E-state index in [0.717, 1.165) is 11.3 Å². The van der Waals surface area contributed by atoms with Gasteiger partial charge in [0.2, 0.25) is 11.8 Å². The van der Waals surface area contributed by atoms with Crippen LogP contribution in [0.5, 0.6) is 0 Å². The van der Waals surface area contributed by atoms with Gasteiger partial charge in [0.05, 0.1) is 0 Å². The quantitative estimate of drug-likeness (QED) is 0.787. The maximum atomic E-state index is 11.9. The van der Waals surface area contributed by atoms with Crippen molar-refractivity contribution in [1.29, 1.82) is 0 Å². The molecule has 0 bridgehead atoms. The highest BCUT2D eigenvalue weighted by Gasteiger charge is 2.03. The zero-order valence-corrected chi connectivity index (χ0v) is 13.2. The summed E-state index contributed by atoms with van der Waals surface area (Å²) in [4.78, 5) is 24.5. The molecular weight excluding hydrogens is 296 g/mol. The van der Waals surface area contributed by atoms with E-state index >= 15 is 0 Å². The van der Waals surface area contributed by atoms with Gasteiger partial charge >= 0.3 is 0 Å². The van der Waals surface area contributed by atoms with E-state index in [1.165, 1.54) is 6.08 Å². The van der Waals surface area contributed by atoms with Crippen LogP contribution in [0.4, 0.5) is 11.4 Å². The predicted molar refractivity (Wildman–Crippen MR) is 92.0 cm³/mol. The molecule has 0 saturated heterocycles. The summed E-state index contributed by atoms with van der Waals surface area (Å²) < 4.78 is 0. The van der Waals surface area contributed by atoms with Crippen molar-refractivity contribution in [2.75, 3.05) is 10.6 Å². The first kappa shape index (κ1) is 16.0. The molecule has 22 heavy (non-hydrogen) atoms. The first-order valence-corrected chi connectivity index (χ1v) is 7.98. The number of carbonyl (C=O) groups is 2. The van der Waals surface area contributed by atoms with E-state index < -0.39 is 0 Å². The van der Waals surface area contributed by atoms with Crippen LogP contribution in [0.15, 0.2) is 47.9 Å². The lowest BCUT2D eigenvalue weighted by atomic mass is 10.2. The molecule has 1 aromatic heterocycles. The molecule has 5 heteroatoms. The van der Waals surface area contributed by atoms with Crippen LogP contribution < -0.4 is 10.6 Å². The molecule has 2 N–H and O–H groups in total. The summed E-state index contributed by atoms with van der Waals surface area (Å²) in [7, 11) is 0. The number of rotatable bonds is 6. The minimum atomic E-state index is -0.203. The van der Waals surface area contributed by atoms with Gasteiger partial charge in [-0.3, -0.25) is 9.59 Å². The average molecular weight is 314 g/mol. The van der Waals surface area contributed by atoms with Crippen molar-refractivity contribution in [2.24, 2.45) is 0 Å². The summed E-state index contributed by atoms with van der Waals surface area (Å²) in [5.41, 5.74) is 1.33. The second-order valence-electron chi connectivity index (χ2n) is 4.72. The van der Waals surface area contributed by atoms with Gasteiger partial charge in [-0.25, -0.2) is 0 Å². The Kier molecular flexibility index (Phi) is 5.91. The monoisotopic (exact) mass is 314 g/mol. The Hall–Kier alpha value is -2.40. The van der Waals surface area contributed by atoms with E-state index in [9.17, 15) is 9.59 Å². The Balaban J connectivity index is 1.95. The summed E-state index contributed by atoms with van der Waals surface area (Å²) in [5, 5.41) is 7.54. The van der Waals surface area contributed by atoms with E-state index in [0.29, 0.717) is 17.8 Å². The Morgan fingerprint density at radius 3 is 2.59 bits per heavy atom. The lowest BCUT2D eigenvalue weighted by Gasteiger charge is -2.07. The fourth-order valence-corrected chi connectivity index (χ4v) is 2.47. The highest BCUT2D eigenvalue weighted by atomic mass is 32.1. The molecule has 1 heterocycles. The van der Waals surface area contributed by atoms with Crippen LogP contribution in [0.2, 0.25) is 0 Å². The predicted octanol–water partition coefficient (Wildman–Crippen LogP) is 4.14. The van der Waals surface area contributed by atoms with E-state index in [-0.39, 0.29) is 11.8 Å². The molecule has 2 aromatic rings. The maximum absolute atomic E-state index is 11.9. The van der Waals surface area contributed by atoms with Gasteiger partial charge in [0, 0.05) is 28.7 Å². The van der Waals surface area contributed by atoms with Gasteiger partial charge in [-0.2, -0.15) is 0 Å². The third-order valence-corrected chi connectivity index (χ3v) is 3.67. The molecular formula is C17H18N2O2S. The molecule has 0 aliphatic rings. The van der Waals surface area contributed by atoms with E-state index in [1.807, 2.05) is 24.4 Å². The van der Waals surface area contributed by atoms with E-state index in [4.69, 9.17) is 0 Å². The first-order chi connectivity index (χ1) is 10.7. The van der Waals surface area contributed by atoms with Crippen molar-refractivity contribution in [3.63, 3.8) is 0 Å². The molecule has 0 spiro atoms. The summed E-state index contributed by atoms with van der Waals surface area (Å²) in [6.45, 7) is 1.95. The second-order valence-corrected chi connectivity index (χ2v) is 5.70. The number of amides is 2. The normalized spacial score (nSPS) is 10.6. The molecule has 0 atom stereocenters. The molecule has 2 amide bonds. The highest BCUT2D eigenvalue weighted by Crippen LogP contribution is 2.16. The van der Waals surface area contributed by atoms with Crippen molar-refractivity contribution >= 4 is 40.6 Å². The van der Waals surface area contributed by atoms with Crippen molar-refractivity contribution in [2.45, 2.75) is 19.8 Å². The van der Waals surface area contributed by atoms with E-state index in [2.05, 4.69) is 10.6 Å². The topological polar surface area (TPSA) is 58.2 Å². The van der Waals surface area contributed by atoms with Crippen molar-refractivity contribution < 1.29 is 9.59 Å². The van der Waals surface area contributed by atoms with Crippen LogP contribution in [-0.2, 0) is 9.59 Å². The molecule has 114 valence electrons. The zero-order valence-electron chi connectivity index (χ0n) is 12.3. The van der Waals surface area contributed by atoms with Gasteiger partial charge in [0.15, 0.2) is 0 Å². The van der Waals surface area contributed by atoms with Crippen LogP contribution in [0, 0.1) is 0 Å². The van der Waals surface area contributed by atoms with E-state index in [1.54, 1.807) is 41.7 Å². The molecule has 0 unspecified atom stereocenters. The Morgan fingerprint density at radius 2 is 1.91 bits per heavy atom. The minimum absolute atomic E-state index is 0.0245. The molecule has 0 saturated carbocycles. The van der Waals surface area contributed by atoms with Crippen LogP contribution in [0.1, 0.15) is 24.6 Å². The molecule has 0 radical (unpaired) electrons. The van der Waals surface area contributed by atoms with Crippen LogP contribution in [-0.4, -0.2) is 11.8 Å². The third-order valence-electron chi connectivity index (χ3n) is 2.83. The van der Waals surface area contributed by atoms with Gasteiger partial charge in [-0.05, 0) is 42.1 Å². The number of anilines is 2. The Labute approximate surface area is 133 Å². The largest absolute Gasteiger partial charge is 0.326 e. The minimum Gasteiger partial charge on any atom is -0.326 e. The van der Waals surface area contributed by atoms with Crippen molar-refractivity contribution in [3.8, 4) is 0 Å². The zero-order chi connectivity index (χ0) is 15.8. The maximum Gasteiger partial charge on any atom is 0.248 e. The summed E-state index contributed by atoms with van der Waals surface area (Å²) in [6.07, 6.45) is 4.55. The van der Waals surface area contributed by atoms with Crippen LogP contribution >= 0.6 is 11.3 Å². The number of hydrogen-bond donors (Lipinski definition) is 2. The Bertz CT molecular complexity index is 663. The fourth-order valence-electron chi connectivity index (χ4n) is 1.85. The smallest absolute Gasteiger partial charge is 0.248 e. The summed E-state index contributed by atoms with van der Waals surface area (Å²) in [5.74, 6) is -0.228. The standard InChI is InChI=1S/C17H18N2O2S/c1-2-5-16(20)18-13-6-3-7-14(12-13)19-17(21)10-9-15-8-4-11-22-15/h3-4,6-12H,2,5H2,1H3,(H,18,20)(H,19,21)/b10-9+. The number of thiophene rings is 1. The molecule has 2 rings (SSSR count). The highest BCUT2D eigenvalue weighted by molar-refractivity contribution is 7.10. The van der Waals surface area contributed by atoms with Crippen LogP contribution in [0.3, 0.4) is 0 Å². The molecule has 1 aromatic carbocycles. The lowest BCUT2D eigenvalue weighted by molar-refractivity contribution is -0.116. The first-order valence-electron chi connectivity index (χ1n) is 7.10. The second kappa shape index (κ2) is 8.14. The third kappa shape index (κ3) is 5.18. The van der Waals surface area contributed by atoms with Gasteiger partial charge in [0.1, 0.15) is 0 Å². The lowest BCUT2D eigenvalue weighted by Crippen LogP contribution is -2.11. The number of hydrogen-bond acceptors (Lipinski definition) is 3. The molecule has 0 fully saturated rings. The van der Waals surface area contributed by atoms with Gasteiger partial charge in [0.25, 0.3) is 0 Å². The van der Waals surface area contributed by atoms with Gasteiger partial charge in [-0.15, -0.1) is 11.3 Å². The average Bonchev–Trinajstić information content (AvgIpc) is 2.99. The fraction of sp³-hybridized carbons (Fsp3) is 0.176. The molecule has 4 nitrogen and oxygen atoms in total. The molecule has 0 aliphatic heterocycles. The molecule has 0 aliphatic carbocycles. The summed E-state index contributed by atoms with van der Waals surface area (Å²) >= 11 is 1.57. The van der Waals surface area contributed by atoms with Gasteiger partial charge in [-0.1, -0.05) is 19.1 Å². The number of benzene rings is 1. The van der Waals surface area contributed by atoms with Gasteiger partial charge < -0.3 is 10.6 Å². The summed E-state index contributed by atoms with van der Waals surface area (Å²) in [6, 6.07) is 11.0. The van der Waals surface area contributed by atoms with Crippen molar-refractivity contribution in [1.82, 2.24) is 0 Å². The SMILES string of the molecule is CCCC(=O)Nc1cccc(NC(=O)/C=C/c2cccs2)c1. The Morgan fingerprint density at radius 1 is 1.14 bits per heavy atom.